The first kappa shape index (κ1) is 25.0. The highest BCUT2D eigenvalue weighted by molar-refractivity contribution is 5.97. The largest absolute Gasteiger partial charge is 0.497 e. The minimum atomic E-state index is -0.0555. The summed E-state index contributed by atoms with van der Waals surface area (Å²) in [5.41, 5.74) is 0.527. The summed E-state index contributed by atoms with van der Waals surface area (Å²) in [5.74, 6) is 2.38. The molecule has 0 atom stereocenters. The van der Waals surface area contributed by atoms with E-state index in [0.717, 1.165) is 25.9 Å². The van der Waals surface area contributed by atoms with Crippen LogP contribution in [-0.2, 0) is 17.8 Å². The van der Waals surface area contributed by atoms with Crippen molar-refractivity contribution in [2.45, 2.75) is 45.1 Å². The van der Waals surface area contributed by atoms with Gasteiger partial charge in [0, 0.05) is 58.2 Å². The van der Waals surface area contributed by atoms with Gasteiger partial charge in [0.05, 0.1) is 26.3 Å². The molecule has 10 nitrogen and oxygen atoms in total. The topological polar surface area (TPSA) is 101 Å². The van der Waals surface area contributed by atoms with Crippen molar-refractivity contribution in [1.82, 2.24) is 24.8 Å². The lowest BCUT2D eigenvalue weighted by atomic mass is 10.1. The summed E-state index contributed by atoms with van der Waals surface area (Å²) in [6.07, 6.45) is 5.45. The lowest BCUT2D eigenvalue weighted by molar-refractivity contribution is -0.131. The number of ether oxygens (including phenoxy) is 2. The third-order valence-corrected chi connectivity index (χ3v) is 6.69. The fraction of sp³-hybridized carbons (Fsp3) is 0.600. The Labute approximate surface area is 206 Å². The number of nitrogens with zero attached hydrogens (tertiary/aromatic N) is 5. The molecule has 0 spiro atoms. The molecule has 2 saturated heterocycles. The number of likely N-dealkylation sites (tertiary alicyclic amines) is 1. The average molecular weight is 486 g/mol. The highest BCUT2D eigenvalue weighted by Gasteiger charge is 2.25. The van der Waals surface area contributed by atoms with Crippen LogP contribution >= 0.6 is 0 Å². The van der Waals surface area contributed by atoms with Crippen LogP contribution in [-0.4, -0.2) is 90.1 Å². The first-order valence-corrected chi connectivity index (χ1v) is 12.4. The molecule has 35 heavy (non-hydrogen) atoms. The molecule has 2 amide bonds. The van der Waals surface area contributed by atoms with Gasteiger partial charge in [0.2, 0.25) is 11.8 Å². The minimum Gasteiger partial charge on any atom is -0.497 e. The number of hydrogen-bond acceptors (Lipinski definition) is 8. The number of carbonyl (C=O) groups excluding carboxylic acids is 2. The first-order chi connectivity index (χ1) is 17.1. The van der Waals surface area contributed by atoms with Crippen molar-refractivity contribution in [3.8, 4) is 11.5 Å². The molecule has 0 saturated carbocycles. The molecular formula is C25H35N5O5. The molecular weight excluding hydrogens is 450 g/mol. The Morgan fingerprint density at radius 3 is 2.37 bits per heavy atom. The van der Waals surface area contributed by atoms with Crippen LogP contribution in [0.4, 0.5) is 0 Å². The number of aryl methyl sites for hydroxylation is 1. The van der Waals surface area contributed by atoms with Crippen molar-refractivity contribution in [1.29, 1.82) is 0 Å². The fourth-order valence-electron chi connectivity index (χ4n) is 4.60. The Balaban J connectivity index is 1.24. The van der Waals surface area contributed by atoms with Crippen molar-refractivity contribution in [2.24, 2.45) is 0 Å². The molecule has 2 aromatic rings. The van der Waals surface area contributed by atoms with Gasteiger partial charge in [-0.25, -0.2) is 0 Å². The Bertz CT molecular complexity index is 994. The van der Waals surface area contributed by atoms with Gasteiger partial charge in [-0.15, -0.1) is 0 Å². The van der Waals surface area contributed by atoms with Gasteiger partial charge in [0.25, 0.3) is 5.91 Å². The van der Waals surface area contributed by atoms with E-state index in [1.807, 2.05) is 9.80 Å². The summed E-state index contributed by atoms with van der Waals surface area (Å²) >= 11 is 0. The first-order valence-electron chi connectivity index (χ1n) is 12.4. The maximum absolute atomic E-state index is 13.0. The van der Waals surface area contributed by atoms with E-state index in [-0.39, 0.29) is 11.8 Å². The second kappa shape index (κ2) is 12.0. The van der Waals surface area contributed by atoms with Crippen LogP contribution < -0.4 is 9.47 Å². The molecule has 0 aliphatic carbocycles. The lowest BCUT2D eigenvalue weighted by Crippen LogP contribution is -2.48. The summed E-state index contributed by atoms with van der Waals surface area (Å²) in [7, 11) is 3.13. The van der Waals surface area contributed by atoms with Crippen LogP contribution in [0.3, 0.4) is 0 Å². The van der Waals surface area contributed by atoms with Gasteiger partial charge < -0.3 is 23.8 Å². The number of piperazine rings is 1. The van der Waals surface area contributed by atoms with Crippen LogP contribution in [0.25, 0.3) is 0 Å². The van der Waals surface area contributed by atoms with E-state index in [2.05, 4.69) is 15.0 Å². The van der Waals surface area contributed by atoms with E-state index in [9.17, 15) is 9.59 Å². The zero-order chi connectivity index (χ0) is 24.6. The van der Waals surface area contributed by atoms with Gasteiger partial charge in [0.1, 0.15) is 11.5 Å². The van der Waals surface area contributed by atoms with Crippen LogP contribution in [0, 0.1) is 0 Å². The number of aromatic nitrogens is 2. The van der Waals surface area contributed by atoms with Gasteiger partial charge in [-0.1, -0.05) is 18.0 Å². The smallest absolute Gasteiger partial charge is 0.257 e. The van der Waals surface area contributed by atoms with E-state index in [0.29, 0.717) is 74.3 Å². The lowest BCUT2D eigenvalue weighted by Gasteiger charge is -2.34. The van der Waals surface area contributed by atoms with E-state index >= 15 is 0 Å². The Kier molecular flexibility index (Phi) is 8.57. The summed E-state index contributed by atoms with van der Waals surface area (Å²) in [4.78, 5) is 36.0. The maximum Gasteiger partial charge on any atom is 0.257 e. The number of carbonyl (C=O) groups is 2. The third kappa shape index (κ3) is 6.50. The van der Waals surface area contributed by atoms with E-state index < -0.39 is 0 Å². The number of hydrogen-bond donors (Lipinski definition) is 0. The van der Waals surface area contributed by atoms with Crippen molar-refractivity contribution >= 4 is 11.8 Å². The van der Waals surface area contributed by atoms with E-state index in [4.69, 9.17) is 14.0 Å². The van der Waals surface area contributed by atoms with Crippen molar-refractivity contribution in [3.05, 3.63) is 35.5 Å². The molecule has 4 rings (SSSR count). The molecule has 0 radical (unpaired) electrons. The number of methoxy groups -OCH3 is 2. The normalized spacial score (nSPS) is 17.2. The van der Waals surface area contributed by atoms with Gasteiger partial charge in [-0.2, -0.15) is 4.98 Å². The monoisotopic (exact) mass is 485 g/mol. The molecule has 190 valence electrons. The predicted octanol–water partition coefficient (Wildman–Crippen LogP) is 2.38. The molecule has 0 unspecified atom stereocenters. The van der Waals surface area contributed by atoms with Crippen molar-refractivity contribution in [3.63, 3.8) is 0 Å². The molecule has 3 heterocycles. The SMILES string of the molecule is COc1ccc(C(=O)N2CCN(Cc3noc(CCC(=O)N4CCCCCC4)n3)CC2)c(OC)c1. The second-order valence-electron chi connectivity index (χ2n) is 9.03. The third-order valence-electron chi connectivity index (χ3n) is 6.69. The molecule has 1 aromatic heterocycles. The summed E-state index contributed by atoms with van der Waals surface area (Å²) in [5, 5.41) is 4.09. The zero-order valence-electron chi connectivity index (χ0n) is 20.7. The van der Waals surface area contributed by atoms with Crippen molar-refractivity contribution in [2.75, 3.05) is 53.5 Å². The molecule has 1 aromatic carbocycles. The minimum absolute atomic E-state index is 0.0555. The zero-order valence-corrected chi connectivity index (χ0v) is 20.7. The van der Waals surface area contributed by atoms with E-state index in [1.165, 1.54) is 12.8 Å². The van der Waals surface area contributed by atoms with Crippen LogP contribution in [0.15, 0.2) is 22.7 Å². The molecule has 2 fully saturated rings. The number of benzene rings is 1. The summed E-state index contributed by atoms with van der Waals surface area (Å²) in [6, 6.07) is 5.23. The molecule has 2 aliphatic rings. The molecule has 10 heteroatoms. The predicted molar refractivity (Wildman–Crippen MR) is 128 cm³/mol. The summed E-state index contributed by atoms with van der Waals surface area (Å²) < 4.78 is 16.0. The van der Waals surface area contributed by atoms with Crippen LogP contribution in [0.5, 0.6) is 11.5 Å². The highest BCUT2D eigenvalue weighted by atomic mass is 16.5. The standard InChI is InChI=1S/C25H35N5O5/c1-33-19-7-8-20(21(17-19)34-2)25(32)30-15-13-28(14-16-30)18-22-26-23(35-27-22)9-10-24(31)29-11-5-3-4-6-12-29/h7-8,17H,3-6,9-16,18H2,1-2H3. The Morgan fingerprint density at radius 2 is 1.69 bits per heavy atom. The molecule has 0 bridgehead atoms. The van der Waals surface area contributed by atoms with Gasteiger partial charge in [-0.3, -0.25) is 14.5 Å². The molecule has 2 aliphatic heterocycles. The summed E-state index contributed by atoms with van der Waals surface area (Å²) in [6.45, 7) is 4.88. The quantitative estimate of drug-likeness (QED) is 0.562. The highest BCUT2D eigenvalue weighted by Crippen LogP contribution is 2.26. The van der Waals surface area contributed by atoms with Crippen LogP contribution in [0.1, 0.15) is 54.2 Å². The van der Waals surface area contributed by atoms with Crippen molar-refractivity contribution < 1.29 is 23.6 Å². The fourth-order valence-corrected chi connectivity index (χ4v) is 4.60. The number of amides is 2. The average Bonchev–Trinajstić information content (AvgIpc) is 3.16. The Hall–Kier alpha value is -3.14. The molecule has 0 N–H and O–H groups in total. The maximum atomic E-state index is 13.0. The van der Waals surface area contributed by atoms with Gasteiger partial charge >= 0.3 is 0 Å². The Morgan fingerprint density at radius 1 is 0.943 bits per heavy atom. The van der Waals surface area contributed by atoms with Gasteiger partial charge in [-0.05, 0) is 25.0 Å². The van der Waals surface area contributed by atoms with Gasteiger partial charge in [0.15, 0.2) is 5.82 Å². The number of rotatable bonds is 8. The van der Waals surface area contributed by atoms with E-state index in [1.54, 1.807) is 32.4 Å². The second-order valence-corrected chi connectivity index (χ2v) is 9.03. The van der Waals surface area contributed by atoms with Crippen LogP contribution in [0.2, 0.25) is 0 Å².